The standard InChI is InChI=1S/C10H12N2O3/c1-3-10(13)11-8-5-4-7(2)6-9(8)12(14)15/h4-6H,3H2,1-2H3,(H,11,13). The first-order valence-corrected chi connectivity index (χ1v) is 4.59. The molecule has 15 heavy (non-hydrogen) atoms. The summed E-state index contributed by atoms with van der Waals surface area (Å²) in [6, 6.07) is 4.70. The molecule has 0 spiro atoms. The maximum atomic E-state index is 11.1. The summed E-state index contributed by atoms with van der Waals surface area (Å²) >= 11 is 0. The molecule has 0 saturated heterocycles. The number of aryl methyl sites for hydroxylation is 1. The SMILES string of the molecule is CCC(=O)Nc1ccc(C)cc1[N+](=O)[O-]. The van der Waals surface area contributed by atoms with E-state index in [9.17, 15) is 14.9 Å². The third kappa shape index (κ3) is 2.77. The van der Waals surface area contributed by atoms with Crippen LogP contribution >= 0.6 is 0 Å². The van der Waals surface area contributed by atoms with Crippen LogP contribution in [0.15, 0.2) is 18.2 Å². The molecular formula is C10H12N2O3. The van der Waals surface area contributed by atoms with Crippen molar-refractivity contribution in [1.29, 1.82) is 0 Å². The molecule has 0 bridgehead atoms. The Morgan fingerprint density at radius 2 is 2.20 bits per heavy atom. The smallest absolute Gasteiger partial charge is 0.293 e. The molecule has 1 aromatic rings. The molecule has 1 amide bonds. The number of anilines is 1. The van der Waals surface area contributed by atoms with Crippen LogP contribution in [0.3, 0.4) is 0 Å². The maximum absolute atomic E-state index is 11.1. The maximum Gasteiger partial charge on any atom is 0.293 e. The first kappa shape index (κ1) is 11.2. The summed E-state index contributed by atoms with van der Waals surface area (Å²) in [7, 11) is 0. The fraction of sp³-hybridized carbons (Fsp3) is 0.300. The van der Waals surface area contributed by atoms with Gasteiger partial charge >= 0.3 is 0 Å². The van der Waals surface area contributed by atoms with E-state index in [1.165, 1.54) is 6.07 Å². The second-order valence-corrected chi connectivity index (χ2v) is 3.18. The molecule has 1 N–H and O–H groups in total. The summed E-state index contributed by atoms with van der Waals surface area (Å²) < 4.78 is 0. The van der Waals surface area contributed by atoms with Crippen molar-refractivity contribution >= 4 is 17.3 Å². The van der Waals surface area contributed by atoms with Gasteiger partial charge in [-0.25, -0.2) is 0 Å². The summed E-state index contributed by atoms with van der Waals surface area (Å²) in [6.07, 6.45) is 0.297. The quantitative estimate of drug-likeness (QED) is 0.611. The second-order valence-electron chi connectivity index (χ2n) is 3.18. The number of rotatable bonds is 3. The summed E-state index contributed by atoms with van der Waals surface area (Å²) in [5.74, 6) is -0.234. The number of nitrogens with zero attached hydrogens (tertiary/aromatic N) is 1. The Kier molecular flexibility index (Phi) is 3.38. The van der Waals surface area contributed by atoms with Crippen LogP contribution in [0.4, 0.5) is 11.4 Å². The predicted octanol–water partition coefficient (Wildman–Crippen LogP) is 2.25. The third-order valence-electron chi connectivity index (χ3n) is 1.95. The molecule has 80 valence electrons. The van der Waals surface area contributed by atoms with Crippen molar-refractivity contribution < 1.29 is 9.72 Å². The molecule has 0 fully saturated rings. The van der Waals surface area contributed by atoms with Crippen LogP contribution in [0.5, 0.6) is 0 Å². The van der Waals surface area contributed by atoms with E-state index in [0.717, 1.165) is 5.56 Å². The summed E-state index contributed by atoms with van der Waals surface area (Å²) in [5.41, 5.74) is 0.963. The lowest BCUT2D eigenvalue weighted by atomic mass is 10.2. The van der Waals surface area contributed by atoms with Crippen molar-refractivity contribution in [1.82, 2.24) is 0 Å². The van der Waals surface area contributed by atoms with Gasteiger partial charge in [-0.05, 0) is 18.6 Å². The zero-order valence-corrected chi connectivity index (χ0v) is 8.61. The first-order chi connectivity index (χ1) is 7.04. The van der Waals surface area contributed by atoms with Gasteiger partial charge in [0.2, 0.25) is 5.91 Å². The number of hydrogen-bond acceptors (Lipinski definition) is 3. The summed E-state index contributed by atoms with van der Waals surface area (Å²) in [5, 5.41) is 13.2. The molecule has 0 aliphatic heterocycles. The molecule has 0 radical (unpaired) electrons. The number of nitrogens with one attached hydrogen (secondary N) is 1. The van der Waals surface area contributed by atoms with E-state index in [-0.39, 0.29) is 17.3 Å². The van der Waals surface area contributed by atoms with Crippen LogP contribution in [-0.4, -0.2) is 10.8 Å². The average Bonchev–Trinajstić information content (AvgIpc) is 2.20. The van der Waals surface area contributed by atoms with Crippen molar-refractivity contribution in [3.8, 4) is 0 Å². The molecular weight excluding hydrogens is 196 g/mol. The van der Waals surface area contributed by atoms with Gasteiger partial charge < -0.3 is 5.32 Å². The van der Waals surface area contributed by atoms with Crippen LogP contribution in [0, 0.1) is 17.0 Å². The van der Waals surface area contributed by atoms with Crippen molar-refractivity contribution in [3.05, 3.63) is 33.9 Å². The Labute approximate surface area is 87.3 Å². The molecule has 1 aromatic carbocycles. The van der Waals surface area contributed by atoms with E-state index in [2.05, 4.69) is 5.32 Å². The van der Waals surface area contributed by atoms with Gasteiger partial charge in [0.05, 0.1) is 4.92 Å². The van der Waals surface area contributed by atoms with Gasteiger partial charge in [0.15, 0.2) is 0 Å². The van der Waals surface area contributed by atoms with Crippen molar-refractivity contribution in [2.45, 2.75) is 20.3 Å². The minimum absolute atomic E-state index is 0.0724. The van der Waals surface area contributed by atoms with Crippen LogP contribution < -0.4 is 5.32 Å². The number of nitro benzene ring substituents is 1. The summed E-state index contributed by atoms with van der Waals surface area (Å²) in [6.45, 7) is 3.45. The zero-order valence-electron chi connectivity index (χ0n) is 8.61. The Balaban J connectivity index is 3.06. The molecule has 0 saturated carbocycles. The Morgan fingerprint density at radius 3 is 2.73 bits per heavy atom. The van der Waals surface area contributed by atoms with Gasteiger partial charge in [0, 0.05) is 12.5 Å². The highest BCUT2D eigenvalue weighted by Crippen LogP contribution is 2.25. The number of nitro groups is 1. The van der Waals surface area contributed by atoms with E-state index < -0.39 is 4.92 Å². The molecule has 1 rings (SSSR count). The highest BCUT2D eigenvalue weighted by Gasteiger charge is 2.14. The van der Waals surface area contributed by atoms with Gasteiger partial charge in [-0.1, -0.05) is 13.0 Å². The van der Waals surface area contributed by atoms with Gasteiger partial charge in [-0.3, -0.25) is 14.9 Å². The van der Waals surface area contributed by atoms with Crippen LogP contribution in [0.25, 0.3) is 0 Å². The lowest BCUT2D eigenvalue weighted by Crippen LogP contribution is -2.11. The second kappa shape index (κ2) is 4.54. The van der Waals surface area contributed by atoms with Gasteiger partial charge in [-0.2, -0.15) is 0 Å². The average molecular weight is 208 g/mol. The number of amides is 1. The fourth-order valence-electron chi connectivity index (χ4n) is 1.14. The molecule has 0 heterocycles. The predicted molar refractivity (Wildman–Crippen MR) is 56.8 cm³/mol. The van der Waals surface area contributed by atoms with Crippen molar-refractivity contribution in [3.63, 3.8) is 0 Å². The van der Waals surface area contributed by atoms with Crippen molar-refractivity contribution in [2.75, 3.05) is 5.32 Å². The van der Waals surface area contributed by atoms with E-state index in [4.69, 9.17) is 0 Å². The minimum Gasteiger partial charge on any atom is -0.320 e. The molecule has 5 nitrogen and oxygen atoms in total. The fourth-order valence-corrected chi connectivity index (χ4v) is 1.14. The minimum atomic E-state index is -0.502. The normalized spacial score (nSPS) is 9.73. The van der Waals surface area contributed by atoms with Crippen LogP contribution in [-0.2, 0) is 4.79 Å². The van der Waals surface area contributed by atoms with Crippen LogP contribution in [0.1, 0.15) is 18.9 Å². The van der Waals surface area contributed by atoms with Gasteiger partial charge in [-0.15, -0.1) is 0 Å². The molecule has 0 unspecified atom stereocenters. The Hall–Kier alpha value is -1.91. The van der Waals surface area contributed by atoms with E-state index >= 15 is 0 Å². The topological polar surface area (TPSA) is 72.2 Å². The summed E-state index contributed by atoms with van der Waals surface area (Å²) in [4.78, 5) is 21.3. The number of carbonyl (C=O) groups excluding carboxylic acids is 1. The lowest BCUT2D eigenvalue weighted by Gasteiger charge is -2.04. The van der Waals surface area contributed by atoms with Gasteiger partial charge in [0.1, 0.15) is 5.69 Å². The van der Waals surface area contributed by atoms with E-state index in [1.54, 1.807) is 26.0 Å². The molecule has 0 aliphatic rings. The van der Waals surface area contributed by atoms with Crippen LogP contribution in [0.2, 0.25) is 0 Å². The first-order valence-electron chi connectivity index (χ1n) is 4.59. The Bertz CT molecular complexity index is 402. The van der Waals surface area contributed by atoms with Gasteiger partial charge in [0.25, 0.3) is 5.69 Å². The van der Waals surface area contributed by atoms with Crippen molar-refractivity contribution in [2.24, 2.45) is 0 Å². The zero-order chi connectivity index (χ0) is 11.4. The highest BCUT2D eigenvalue weighted by atomic mass is 16.6. The Morgan fingerprint density at radius 1 is 1.53 bits per heavy atom. The molecule has 0 aromatic heterocycles. The third-order valence-corrected chi connectivity index (χ3v) is 1.95. The number of carbonyl (C=O) groups is 1. The lowest BCUT2D eigenvalue weighted by molar-refractivity contribution is -0.384. The molecule has 0 aliphatic carbocycles. The molecule has 5 heteroatoms. The monoisotopic (exact) mass is 208 g/mol. The largest absolute Gasteiger partial charge is 0.320 e. The number of benzene rings is 1. The van der Waals surface area contributed by atoms with E-state index in [1.807, 2.05) is 0 Å². The highest BCUT2D eigenvalue weighted by molar-refractivity contribution is 5.92. The number of hydrogen-bond donors (Lipinski definition) is 1. The molecule has 0 atom stereocenters. The van der Waals surface area contributed by atoms with E-state index in [0.29, 0.717) is 6.42 Å².